The molecule has 0 bridgehead atoms. The van der Waals surface area contributed by atoms with Gasteiger partial charge in [-0.3, -0.25) is 0 Å². The fourth-order valence-electron chi connectivity index (χ4n) is 1.36. The lowest BCUT2D eigenvalue weighted by Crippen LogP contribution is -2.33. The van der Waals surface area contributed by atoms with Gasteiger partial charge in [0.1, 0.15) is 0 Å². The van der Waals surface area contributed by atoms with E-state index in [1.54, 1.807) is 0 Å². The summed E-state index contributed by atoms with van der Waals surface area (Å²) in [4.78, 5) is 0. The zero-order valence-electron chi connectivity index (χ0n) is 9.27. The Labute approximate surface area is 109 Å². The zero-order valence-corrected chi connectivity index (χ0v) is 10.8. The van der Waals surface area contributed by atoms with Crippen molar-refractivity contribution in [3.05, 3.63) is 33.8 Å². The summed E-state index contributed by atoms with van der Waals surface area (Å²) >= 11 is 11.5. The molecule has 0 spiro atoms. The van der Waals surface area contributed by atoms with Crippen LogP contribution in [0.5, 0.6) is 0 Å². The van der Waals surface area contributed by atoms with Crippen LogP contribution in [0.2, 0.25) is 10.0 Å². The van der Waals surface area contributed by atoms with E-state index in [0.717, 1.165) is 0 Å². The standard InChI is InChI=1S/C11H13Cl2F2NO/c1-17-6-5-16-7-11(14,15)10-8(12)3-2-4-9(10)13/h2-4,16H,5-7H2,1H3. The molecular formula is C11H13Cl2F2NO. The van der Waals surface area contributed by atoms with Gasteiger partial charge in [0.2, 0.25) is 0 Å². The second-order valence-electron chi connectivity index (χ2n) is 3.47. The molecule has 1 aromatic carbocycles. The summed E-state index contributed by atoms with van der Waals surface area (Å²) in [5.41, 5.74) is -0.340. The molecule has 0 aliphatic rings. The Morgan fingerprint density at radius 3 is 2.41 bits per heavy atom. The predicted molar refractivity (Wildman–Crippen MR) is 65.1 cm³/mol. The van der Waals surface area contributed by atoms with Crippen LogP contribution >= 0.6 is 23.2 Å². The Balaban J connectivity index is 2.75. The van der Waals surface area contributed by atoms with E-state index in [1.807, 2.05) is 0 Å². The van der Waals surface area contributed by atoms with Crippen molar-refractivity contribution in [2.75, 3.05) is 26.8 Å². The number of rotatable bonds is 6. The Morgan fingerprint density at radius 2 is 1.88 bits per heavy atom. The second-order valence-corrected chi connectivity index (χ2v) is 4.29. The first-order valence-corrected chi connectivity index (χ1v) is 5.76. The summed E-state index contributed by atoms with van der Waals surface area (Å²) in [5, 5.41) is 2.52. The number of methoxy groups -OCH3 is 1. The zero-order chi connectivity index (χ0) is 12.9. The second kappa shape index (κ2) is 6.50. The van der Waals surface area contributed by atoms with Crippen molar-refractivity contribution in [3.8, 4) is 0 Å². The Kier molecular flexibility index (Phi) is 5.59. The first-order valence-electron chi connectivity index (χ1n) is 5.01. The summed E-state index contributed by atoms with van der Waals surface area (Å²) in [7, 11) is 1.50. The molecule has 96 valence electrons. The summed E-state index contributed by atoms with van der Waals surface area (Å²) in [6.07, 6.45) is 0. The fraction of sp³-hybridized carbons (Fsp3) is 0.455. The van der Waals surface area contributed by atoms with Gasteiger partial charge in [-0.2, -0.15) is 8.78 Å². The highest BCUT2D eigenvalue weighted by Crippen LogP contribution is 2.37. The topological polar surface area (TPSA) is 21.3 Å². The number of alkyl halides is 2. The van der Waals surface area contributed by atoms with Gasteiger partial charge in [0.25, 0.3) is 5.92 Å². The number of halogens is 4. The Bertz CT molecular complexity index is 354. The third-order valence-electron chi connectivity index (χ3n) is 2.16. The molecule has 0 unspecified atom stereocenters. The number of hydrogen-bond acceptors (Lipinski definition) is 2. The average molecular weight is 284 g/mol. The monoisotopic (exact) mass is 283 g/mol. The lowest BCUT2D eigenvalue weighted by molar-refractivity contribution is -0.00392. The van der Waals surface area contributed by atoms with Gasteiger partial charge in [0.05, 0.1) is 28.8 Å². The van der Waals surface area contributed by atoms with E-state index in [0.29, 0.717) is 13.2 Å². The molecule has 0 atom stereocenters. The summed E-state index contributed by atoms with van der Waals surface area (Å²) in [6, 6.07) is 4.32. The maximum atomic E-state index is 13.8. The van der Waals surface area contributed by atoms with Crippen LogP contribution < -0.4 is 5.32 Å². The third kappa shape index (κ3) is 4.07. The van der Waals surface area contributed by atoms with E-state index >= 15 is 0 Å². The minimum atomic E-state index is -3.11. The van der Waals surface area contributed by atoms with Crippen LogP contribution in [-0.4, -0.2) is 26.8 Å². The molecule has 6 heteroatoms. The van der Waals surface area contributed by atoms with Crippen molar-refractivity contribution < 1.29 is 13.5 Å². The van der Waals surface area contributed by atoms with Gasteiger partial charge in [-0.25, -0.2) is 0 Å². The van der Waals surface area contributed by atoms with Crippen molar-refractivity contribution >= 4 is 23.2 Å². The lowest BCUT2D eigenvalue weighted by atomic mass is 10.1. The van der Waals surface area contributed by atoms with Gasteiger partial charge in [0, 0.05) is 13.7 Å². The minimum Gasteiger partial charge on any atom is -0.383 e. The van der Waals surface area contributed by atoms with Crippen molar-refractivity contribution in [2.45, 2.75) is 5.92 Å². The highest BCUT2D eigenvalue weighted by molar-refractivity contribution is 6.36. The Hall–Kier alpha value is -0.420. The largest absolute Gasteiger partial charge is 0.383 e. The summed E-state index contributed by atoms with van der Waals surface area (Å²) < 4.78 is 32.4. The molecule has 0 aliphatic carbocycles. The van der Waals surface area contributed by atoms with Gasteiger partial charge >= 0.3 is 0 Å². The van der Waals surface area contributed by atoms with E-state index in [2.05, 4.69) is 5.32 Å². The molecule has 0 heterocycles. The number of benzene rings is 1. The number of ether oxygens (including phenoxy) is 1. The van der Waals surface area contributed by atoms with Crippen molar-refractivity contribution in [1.82, 2.24) is 5.32 Å². The normalized spacial score (nSPS) is 11.8. The molecular weight excluding hydrogens is 271 g/mol. The molecule has 2 nitrogen and oxygen atoms in total. The fourth-order valence-corrected chi connectivity index (χ4v) is 2.03. The minimum absolute atomic E-state index is 0.0314. The SMILES string of the molecule is COCCNCC(F)(F)c1c(Cl)cccc1Cl. The number of hydrogen-bond donors (Lipinski definition) is 1. The van der Waals surface area contributed by atoms with E-state index in [9.17, 15) is 8.78 Å². The first-order chi connectivity index (χ1) is 7.99. The van der Waals surface area contributed by atoms with Crippen LogP contribution in [-0.2, 0) is 10.7 Å². The maximum absolute atomic E-state index is 13.8. The van der Waals surface area contributed by atoms with Crippen LogP contribution in [0, 0.1) is 0 Å². The molecule has 0 amide bonds. The van der Waals surface area contributed by atoms with Crippen molar-refractivity contribution in [3.63, 3.8) is 0 Å². The molecule has 0 aromatic heterocycles. The van der Waals surface area contributed by atoms with Crippen LogP contribution in [0.25, 0.3) is 0 Å². The number of nitrogens with one attached hydrogen (secondary N) is 1. The maximum Gasteiger partial charge on any atom is 0.288 e. The first kappa shape index (κ1) is 14.6. The van der Waals surface area contributed by atoms with Gasteiger partial charge in [-0.1, -0.05) is 29.3 Å². The van der Waals surface area contributed by atoms with Gasteiger partial charge in [-0.15, -0.1) is 0 Å². The van der Waals surface area contributed by atoms with Gasteiger partial charge < -0.3 is 10.1 Å². The summed E-state index contributed by atoms with van der Waals surface area (Å²) in [6.45, 7) is 0.181. The third-order valence-corrected chi connectivity index (χ3v) is 2.79. The van der Waals surface area contributed by atoms with Crippen LogP contribution in [0.3, 0.4) is 0 Å². The summed E-state index contributed by atoms with van der Waals surface area (Å²) in [5.74, 6) is -3.11. The lowest BCUT2D eigenvalue weighted by Gasteiger charge is -2.19. The van der Waals surface area contributed by atoms with Gasteiger partial charge in [0.15, 0.2) is 0 Å². The van der Waals surface area contributed by atoms with Crippen molar-refractivity contribution in [2.24, 2.45) is 0 Å². The Morgan fingerprint density at radius 1 is 1.29 bits per heavy atom. The van der Waals surface area contributed by atoms with Crippen LogP contribution in [0.1, 0.15) is 5.56 Å². The molecule has 1 N–H and O–H groups in total. The van der Waals surface area contributed by atoms with E-state index in [4.69, 9.17) is 27.9 Å². The highest BCUT2D eigenvalue weighted by Gasteiger charge is 2.35. The quantitative estimate of drug-likeness (QED) is 0.809. The molecule has 1 aromatic rings. The van der Waals surface area contributed by atoms with Gasteiger partial charge in [-0.05, 0) is 12.1 Å². The molecule has 1 rings (SSSR count). The van der Waals surface area contributed by atoms with Crippen LogP contribution in [0.15, 0.2) is 18.2 Å². The van der Waals surface area contributed by atoms with Crippen LogP contribution in [0.4, 0.5) is 8.78 Å². The van der Waals surface area contributed by atoms with E-state index < -0.39 is 12.5 Å². The molecule has 0 radical (unpaired) electrons. The highest BCUT2D eigenvalue weighted by atomic mass is 35.5. The smallest absolute Gasteiger partial charge is 0.288 e. The molecule has 0 fully saturated rings. The van der Waals surface area contributed by atoms with E-state index in [1.165, 1.54) is 25.3 Å². The molecule has 17 heavy (non-hydrogen) atoms. The average Bonchev–Trinajstić information content (AvgIpc) is 2.24. The van der Waals surface area contributed by atoms with E-state index in [-0.39, 0.29) is 15.6 Å². The predicted octanol–water partition coefficient (Wildman–Crippen LogP) is 3.32. The molecule has 0 saturated heterocycles. The molecule has 0 aliphatic heterocycles. The van der Waals surface area contributed by atoms with Crippen molar-refractivity contribution in [1.29, 1.82) is 0 Å². The molecule has 0 saturated carbocycles.